The van der Waals surface area contributed by atoms with Gasteiger partial charge >= 0.3 is 0 Å². The van der Waals surface area contributed by atoms with E-state index in [1.165, 1.54) is 6.20 Å². The molecule has 6 nitrogen and oxygen atoms in total. The minimum Gasteiger partial charge on any atom is -0.365 e. The Morgan fingerprint density at radius 1 is 1.32 bits per heavy atom. The van der Waals surface area contributed by atoms with Crippen LogP contribution >= 0.6 is 0 Å². The van der Waals surface area contributed by atoms with Gasteiger partial charge in [-0.3, -0.25) is 14.8 Å². The molecule has 7 heteroatoms. The van der Waals surface area contributed by atoms with Gasteiger partial charge in [0.25, 0.3) is 0 Å². The monoisotopic (exact) mass is 299 g/mol. The van der Waals surface area contributed by atoms with Crippen LogP contribution in [-0.4, -0.2) is 41.7 Å². The van der Waals surface area contributed by atoms with Gasteiger partial charge in [-0.05, 0) is 12.1 Å². The van der Waals surface area contributed by atoms with Gasteiger partial charge in [-0.15, -0.1) is 0 Å². The fourth-order valence-electron chi connectivity index (χ4n) is 2.84. The smallest absolute Gasteiger partial charge is 0.207 e. The maximum atomic E-state index is 14.0. The summed E-state index contributed by atoms with van der Waals surface area (Å²) < 4.78 is 14.0. The number of carbonyl (C=O) groups is 1. The van der Waals surface area contributed by atoms with Gasteiger partial charge in [0.2, 0.25) is 6.41 Å². The van der Waals surface area contributed by atoms with E-state index in [0.717, 1.165) is 5.69 Å². The van der Waals surface area contributed by atoms with E-state index < -0.39 is 6.17 Å². The molecule has 0 saturated carbocycles. The largest absolute Gasteiger partial charge is 0.365 e. The van der Waals surface area contributed by atoms with Crippen molar-refractivity contribution in [2.45, 2.75) is 18.6 Å². The zero-order valence-corrected chi connectivity index (χ0v) is 11.7. The molecule has 1 fully saturated rings. The maximum absolute atomic E-state index is 14.0. The third-order valence-corrected chi connectivity index (χ3v) is 3.77. The lowest BCUT2D eigenvalue weighted by atomic mass is 10.0. The van der Waals surface area contributed by atoms with Gasteiger partial charge in [-0.1, -0.05) is 0 Å². The van der Waals surface area contributed by atoms with E-state index >= 15 is 0 Å². The van der Waals surface area contributed by atoms with Crippen LogP contribution in [0.1, 0.15) is 12.0 Å². The summed E-state index contributed by atoms with van der Waals surface area (Å²) >= 11 is 0. The second kappa shape index (κ2) is 5.93. The summed E-state index contributed by atoms with van der Waals surface area (Å²) in [5, 5.41) is 11.8. The molecule has 0 spiro atoms. The Hall–Kier alpha value is -2.75. The van der Waals surface area contributed by atoms with E-state index in [0.29, 0.717) is 36.0 Å². The van der Waals surface area contributed by atoms with Gasteiger partial charge in [0, 0.05) is 37.9 Å². The van der Waals surface area contributed by atoms with Crippen LogP contribution in [0.15, 0.2) is 24.5 Å². The van der Waals surface area contributed by atoms with Crippen molar-refractivity contribution in [3.63, 3.8) is 0 Å². The Labute approximate surface area is 126 Å². The van der Waals surface area contributed by atoms with Crippen LogP contribution in [0.5, 0.6) is 0 Å². The first-order valence-electron chi connectivity index (χ1n) is 6.95. The highest BCUT2D eigenvalue weighted by Gasteiger charge is 2.28. The molecule has 1 aromatic carbocycles. The standard InChI is InChI=1S/C15H14FN5O/c16-11-5-12(20-9-22)8-21(7-11)13-2-1-10(6-17)14-15(13)19-4-3-18-14/h1-4,9,11-12H,5,7-8H2,(H,20,22). The summed E-state index contributed by atoms with van der Waals surface area (Å²) in [6, 6.07) is 5.26. The molecule has 2 atom stereocenters. The van der Waals surface area contributed by atoms with Gasteiger partial charge in [0.05, 0.1) is 11.3 Å². The average molecular weight is 299 g/mol. The number of nitrogens with zero attached hydrogens (tertiary/aromatic N) is 4. The van der Waals surface area contributed by atoms with Crippen LogP contribution in [0.4, 0.5) is 10.1 Å². The van der Waals surface area contributed by atoms with Gasteiger partial charge in [0.15, 0.2) is 0 Å². The van der Waals surface area contributed by atoms with Gasteiger partial charge in [-0.25, -0.2) is 4.39 Å². The molecule has 112 valence electrons. The van der Waals surface area contributed by atoms with Crippen molar-refractivity contribution >= 4 is 23.1 Å². The number of hydrogen-bond acceptors (Lipinski definition) is 5. The Morgan fingerprint density at radius 3 is 2.82 bits per heavy atom. The normalized spacial score (nSPS) is 21.4. The zero-order chi connectivity index (χ0) is 15.5. The first-order valence-corrected chi connectivity index (χ1v) is 6.95. The quantitative estimate of drug-likeness (QED) is 0.860. The SMILES string of the molecule is N#Cc1ccc(N2CC(F)CC(NC=O)C2)c2nccnc12. The van der Waals surface area contributed by atoms with Gasteiger partial charge in [0.1, 0.15) is 23.3 Å². The second-order valence-electron chi connectivity index (χ2n) is 5.22. The fraction of sp³-hybridized carbons (Fsp3) is 0.333. The summed E-state index contributed by atoms with van der Waals surface area (Å²) in [7, 11) is 0. The van der Waals surface area contributed by atoms with Crippen molar-refractivity contribution in [1.29, 1.82) is 5.26 Å². The predicted octanol–water partition coefficient (Wildman–Crippen LogP) is 1.16. The number of aromatic nitrogens is 2. The lowest BCUT2D eigenvalue weighted by Crippen LogP contribution is -2.50. The number of benzene rings is 1. The van der Waals surface area contributed by atoms with Crippen molar-refractivity contribution in [2.24, 2.45) is 0 Å². The Morgan fingerprint density at radius 2 is 2.09 bits per heavy atom. The van der Waals surface area contributed by atoms with Crippen molar-refractivity contribution < 1.29 is 9.18 Å². The number of nitrogens with one attached hydrogen (secondary N) is 1. The lowest BCUT2D eigenvalue weighted by molar-refractivity contribution is -0.110. The van der Waals surface area contributed by atoms with Gasteiger partial charge in [-0.2, -0.15) is 5.26 Å². The Kier molecular flexibility index (Phi) is 3.83. The van der Waals surface area contributed by atoms with Crippen LogP contribution in [0.25, 0.3) is 11.0 Å². The summed E-state index contributed by atoms with van der Waals surface area (Å²) in [5.41, 5.74) is 2.23. The molecule has 1 aliphatic rings. The third-order valence-electron chi connectivity index (χ3n) is 3.77. The molecule has 0 radical (unpaired) electrons. The number of amides is 1. The number of piperidine rings is 1. The number of alkyl halides is 1. The molecular weight excluding hydrogens is 285 g/mol. The van der Waals surface area contributed by atoms with Gasteiger partial charge < -0.3 is 10.2 Å². The van der Waals surface area contributed by atoms with Crippen molar-refractivity contribution in [2.75, 3.05) is 18.0 Å². The second-order valence-corrected chi connectivity index (χ2v) is 5.22. The molecule has 1 aromatic heterocycles. The van der Waals surface area contributed by atoms with E-state index in [1.807, 2.05) is 4.90 Å². The highest BCUT2D eigenvalue weighted by molar-refractivity contribution is 5.92. The molecule has 1 amide bonds. The van der Waals surface area contributed by atoms with Crippen LogP contribution < -0.4 is 10.2 Å². The first-order chi connectivity index (χ1) is 10.7. The molecular formula is C15H14FN5O. The van der Waals surface area contributed by atoms with Crippen LogP contribution in [0.2, 0.25) is 0 Å². The van der Waals surface area contributed by atoms with E-state index in [2.05, 4.69) is 21.4 Å². The highest BCUT2D eigenvalue weighted by Crippen LogP contribution is 2.29. The molecule has 1 aliphatic heterocycles. The molecule has 1 saturated heterocycles. The third kappa shape index (κ3) is 2.55. The predicted molar refractivity (Wildman–Crippen MR) is 79.0 cm³/mol. The van der Waals surface area contributed by atoms with Crippen molar-refractivity contribution in [3.8, 4) is 6.07 Å². The molecule has 0 aliphatic carbocycles. The lowest BCUT2D eigenvalue weighted by Gasteiger charge is -2.36. The molecule has 2 heterocycles. The zero-order valence-electron chi connectivity index (χ0n) is 11.7. The number of anilines is 1. The molecule has 2 unspecified atom stereocenters. The number of rotatable bonds is 3. The highest BCUT2D eigenvalue weighted by atomic mass is 19.1. The van der Waals surface area contributed by atoms with Crippen LogP contribution in [-0.2, 0) is 4.79 Å². The molecule has 0 bridgehead atoms. The summed E-state index contributed by atoms with van der Waals surface area (Å²) in [6.07, 6.45) is 2.93. The minimum atomic E-state index is -1.03. The average Bonchev–Trinajstić information content (AvgIpc) is 2.53. The van der Waals surface area contributed by atoms with E-state index in [-0.39, 0.29) is 12.6 Å². The van der Waals surface area contributed by atoms with Crippen molar-refractivity contribution in [1.82, 2.24) is 15.3 Å². The Bertz CT molecular complexity index is 744. The number of carbonyl (C=O) groups excluding carboxylic acids is 1. The maximum Gasteiger partial charge on any atom is 0.207 e. The number of hydrogen-bond donors (Lipinski definition) is 1. The van der Waals surface area contributed by atoms with E-state index in [9.17, 15) is 9.18 Å². The minimum absolute atomic E-state index is 0.231. The van der Waals surface area contributed by atoms with Crippen LogP contribution in [0.3, 0.4) is 0 Å². The van der Waals surface area contributed by atoms with E-state index in [1.54, 1.807) is 18.3 Å². The molecule has 3 rings (SSSR count). The first kappa shape index (κ1) is 14.2. The van der Waals surface area contributed by atoms with Crippen molar-refractivity contribution in [3.05, 3.63) is 30.1 Å². The molecule has 1 N–H and O–H groups in total. The Balaban J connectivity index is 2.03. The summed E-state index contributed by atoms with van der Waals surface area (Å²) in [5.74, 6) is 0. The molecule has 2 aromatic rings. The summed E-state index contributed by atoms with van der Waals surface area (Å²) in [6.45, 7) is 0.728. The van der Waals surface area contributed by atoms with E-state index in [4.69, 9.17) is 5.26 Å². The number of fused-ring (bicyclic) bond motifs is 1. The summed E-state index contributed by atoms with van der Waals surface area (Å²) in [4.78, 5) is 20.9. The number of halogens is 1. The topological polar surface area (TPSA) is 81.9 Å². The number of nitriles is 1. The fourth-order valence-corrected chi connectivity index (χ4v) is 2.84. The molecule has 22 heavy (non-hydrogen) atoms. The van der Waals surface area contributed by atoms with Crippen LogP contribution in [0, 0.1) is 11.3 Å².